The molecule has 3 rings (SSSR count). The summed E-state index contributed by atoms with van der Waals surface area (Å²) >= 11 is 0. The molecule has 3 heterocycles. The summed E-state index contributed by atoms with van der Waals surface area (Å²) in [5, 5.41) is 182. The van der Waals surface area contributed by atoms with Crippen LogP contribution in [0.1, 0.15) is 0 Å². The Labute approximate surface area is 276 Å². The lowest BCUT2D eigenvalue weighted by Crippen LogP contribution is -2.62. The van der Waals surface area contributed by atoms with Crippen LogP contribution < -0.4 is 0 Å². The van der Waals surface area contributed by atoms with Crippen molar-refractivity contribution in [3.05, 3.63) is 0 Å². The zero-order valence-corrected chi connectivity index (χ0v) is 25.6. The molecule has 0 amide bonds. The molecule has 0 spiro atoms. The minimum Gasteiger partial charge on any atom is -0.457 e. The van der Waals surface area contributed by atoms with Crippen molar-refractivity contribution in [2.45, 2.75) is 110 Å². The van der Waals surface area contributed by atoms with Crippen molar-refractivity contribution in [3.8, 4) is 0 Å². The molecule has 0 bridgehead atoms. The monoisotopic (exact) mass is 739 g/mol. The van der Waals surface area contributed by atoms with E-state index in [0.717, 1.165) is 0 Å². The summed E-state index contributed by atoms with van der Waals surface area (Å²) in [7, 11) is 0. The Bertz CT molecular complexity index is 903. The first-order valence-electron chi connectivity index (χ1n) is 14.2. The first-order chi connectivity index (χ1) is 22.3. The van der Waals surface area contributed by atoms with Crippen LogP contribution in [0.4, 0.5) is 0 Å². The van der Waals surface area contributed by atoms with Gasteiger partial charge in [0.1, 0.15) is 92.1 Å². The van der Waals surface area contributed by atoms with Gasteiger partial charge in [-0.3, -0.25) is 0 Å². The molecule has 3 saturated heterocycles. The van der Waals surface area contributed by atoms with Gasteiger partial charge in [0.2, 0.25) is 11.6 Å². The van der Waals surface area contributed by atoms with E-state index in [4.69, 9.17) is 80.6 Å². The topological polar surface area (TPSA) is 475 Å². The highest BCUT2D eigenvalue weighted by Crippen LogP contribution is 2.36. The fourth-order valence-electron chi connectivity index (χ4n) is 4.49. The molecule has 0 aromatic carbocycles. The second-order valence-electron chi connectivity index (χ2n) is 11.0. The highest BCUT2D eigenvalue weighted by molar-refractivity contribution is 4.98. The van der Waals surface area contributed by atoms with Crippen molar-refractivity contribution in [2.75, 3.05) is 39.6 Å². The molecule has 0 aromatic heterocycles. The van der Waals surface area contributed by atoms with E-state index in [2.05, 4.69) is 4.74 Å². The van der Waals surface area contributed by atoms with Gasteiger partial charge in [-0.25, -0.2) is 0 Å². The summed E-state index contributed by atoms with van der Waals surface area (Å²) < 4.78 is 20.1. The number of aliphatic hydroxyl groups excluding tert-OH is 18. The molecular weight excluding hydrogens is 688 g/mol. The Kier molecular flexibility index (Phi) is 20.5. The van der Waals surface area contributed by atoms with Gasteiger partial charge in [0.05, 0.1) is 33.0 Å². The van der Waals surface area contributed by atoms with Crippen LogP contribution in [-0.4, -0.2) is 251 Å². The quantitative estimate of drug-likeness (QED) is 0.0652. The highest BCUT2D eigenvalue weighted by atomic mass is 16.8. The fraction of sp³-hybridized carbons (Fsp3) is 1.00. The van der Waals surface area contributed by atoms with Crippen molar-refractivity contribution in [1.82, 2.24) is 0 Å². The lowest BCUT2D eigenvalue weighted by Gasteiger charge is -2.43. The molecule has 3 aliphatic heterocycles. The molecular formula is C24H51O25+. The van der Waals surface area contributed by atoms with Gasteiger partial charge in [0.15, 0.2) is 12.6 Å². The van der Waals surface area contributed by atoms with Gasteiger partial charge in [-0.15, -0.1) is 0 Å². The van der Waals surface area contributed by atoms with Crippen molar-refractivity contribution in [3.63, 3.8) is 0 Å². The van der Waals surface area contributed by atoms with Crippen molar-refractivity contribution in [1.29, 1.82) is 0 Å². The summed E-state index contributed by atoms with van der Waals surface area (Å²) in [5.74, 6) is -4.38. The molecule has 23 N–H and O–H groups in total. The third-order valence-electron chi connectivity index (χ3n) is 7.59. The molecule has 3 fully saturated rings. The van der Waals surface area contributed by atoms with Gasteiger partial charge in [0, 0.05) is 0 Å². The normalized spacial score (nSPS) is 41.4. The van der Waals surface area contributed by atoms with Crippen molar-refractivity contribution >= 4 is 0 Å². The predicted molar refractivity (Wildman–Crippen MR) is 149 cm³/mol. The molecule has 3 aliphatic rings. The fourth-order valence-corrected chi connectivity index (χ4v) is 4.49. The molecule has 0 aromatic rings. The van der Waals surface area contributed by atoms with E-state index in [-0.39, 0.29) is 5.48 Å². The van der Waals surface area contributed by atoms with Gasteiger partial charge in [0.25, 0.3) is 0 Å². The maximum atomic E-state index is 10.00. The Morgan fingerprint density at radius 2 is 1.04 bits per heavy atom. The average molecular weight is 740 g/mol. The molecule has 0 aliphatic carbocycles. The van der Waals surface area contributed by atoms with Crippen LogP contribution in [0, 0.1) is 0 Å². The van der Waals surface area contributed by atoms with Crippen molar-refractivity contribution in [2.24, 2.45) is 0 Å². The van der Waals surface area contributed by atoms with Gasteiger partial charge in [-0.2, -0.15) is 0 Å². The van der Waals surface area contributed by atoms with Crippen LogP contribution in [0.5, 0.6) is 0 Å². The van der Waals surface area contributed by atoms with E-state index in [1.807, 2.05) is 0 Å². The highest BCUT2D eigenvalue weighted by Gasteiger charge is 2.58. The standard InChI is InChI=1S/C12H22O11.C6H14O7.C6H12O6.H2O/c13-1-4-6(16)8(18)9(19)11(21-4)23-12(3-15)10(20)7(17)5(2-14)22-12;7-1-2(8)3(9)4(10)5(11)6(12)13;7-1-3-4(9)5(10)6(11,2-8)12-3;/h4-11,13-20H,1-3H2;2-13H,1H2;3-5,7-11H,1-2H2;1H2/p+1/t4?,5-,6-,7+,8-,9?,10?,11+,12+;2?,3-,4-,5?;3-,4+,5?,6-;/m000./s1. The molecule has 296 valence electrons. The number of rotatable bonds is 12. The van der Waals surface area contributed by atoms with Crippen LogP contribution in [0.3, 0.4) is 0 Å². The number of aliphatic hydroxyl groups is 20. The van der Waals surface area contributed by atoms with Crippen LogP contribution >= 0.6 is 0 Å². The molecule has 0 saturated carbocycles. The zero-order chi connectivity index (χ0) is 37.3. The van der Waals surface area contributed by atoms with Gasteiger partial charge < -0.3 is 127 Å². The second kappa shape index (κ2) is 20.9. The van der Waals surface area contributed by atoms with Crippen molar-refractivity contribution < 1.29 is 127 Å². The van der Waals surface area contributed by atoms with Crippen LogP contribution in [0.15, 0.2) is 0 Å². The molecule has 49 heavy (non-hydrogen) atoms. The zero-order valence-electron chi connectivity index (χ0n) is 25.6. The first kappa shape index (κ1) is 48.0. The smallest absolute Gasteiger partial charge is 0.224 e. The Morgan fingerprint density at radius 3 is 1.41 bits per heavy atom. The average Bonchev–Trinajstić information content (AvgIpc) is 3.47. The van der Waals surface area contributed by atoms with E-state index in [1.54, 1.807) is 0 Å². The summed E-state index contributed by atoms with van der Waals surface area (Å²) in [4.78, 5) is 0. The Balaban J connectivity index is 0.000000759. The summed E-state index contributed by atoms with van der Waals surface area (Å²) in [6.07, 6.45) is -26.4. The third-order valence-corrected chi connectivity index (χ3v) is 7.59. The molecule has 25 nitrogen and oxygen atoms in total. The summed E-state index contributed by atoms with van der Waals surface area (Å²) in [5.41, 5.74) is 0. The SMILES string of the molecule is OCC(O)[C@H](O)[C@H](O)C(O)C(O)O.OCC1O[C@H](O[C@@]2(CO)O[C@@H](CO)[C@@H](O)C2O)C(O)[C@@H](O)[C@H]1O.OC[C@@H]1O[C@@](O)(CO)C(O)[C@@H]1O.[OH3+]. The maximum absolute atomic E-state index is 10.00. The largest absolute Gasteiger partial charge is 0.457 e. The maximum Gasteiger partial charge on any atom is 0.224 e. The Morgan fingerprint density at radius 1 is 0.551 bits per heavy atom. The molecule has 6 unspecified atom stereocenters. The lowest BCUT2D eigenvalue weighted by atomic mass is 9.99. The Hall–Kier alpha value is -1.00. The van der Waals surface area contributed by atoms with Gasteiger partial charge >= 0.3 is 0 Å². The number of hydrogen-bond donors (Lipinski definition) is 20. The lowest BCUT2D eigenvalue weighted by molar-refractivity contribution is -0.383. The summed E-state index contributed by atoms with van der Waals surface area (Å²) in [6.45, 7) is -4.49. The number of ether oxygens (including phenoxy) is 4. The van der Waals surface area contributed by atoms with E-state index >= 15 is 0 Å². The minimum atomic E-state index is -2.23. The second-order valence-corrected chi connectivity index (χ2v) is 11.0. The molecule has 0 radical (unpaired) electrons. The van der Waals surface area contributed by atoms with Crippen LogP contribution in [0.2, 0.25) is 0 Å². The molecule has 17 atom stereocenters. The van der Waals surface area contributed by atoms with Gasteiger partial charge in [-0.1, -0.05) is 0 Å². The third kappa shape index (κ3) is 11.2. The minimum absolute atomic E-state index is 0. The van der Waals surface area contributed by atoms with E-state index in [1.165, 1.54) is 0 Å². The van der Waals surface area contributed by atoms with Gasteiger partial charge in [-0.05, 0) is 0 Å². The van der Waals surface area contributed by atoms with Crippen LogP contribution in [-0.2, 0) is 24.4 Å². The summed E-state index contributed by atoms with van der Waals surface area (Å²) in [6, 6.07) is 0. The van der Waals surface area contributed by atoms with E-state index in [0.29, 0.717) is 0 Å². The predicted octanol–water partition coefficient (Wildman–Crippen LogP) is -13.8. The van der Waals surface area contributed by atoms with E-state index in [9.17, 15) is 35.7 Å². The number of hydrogen-bond acceptors (Lipinski definition) is 24. The first-order valence-corrected chi connectivity index (χ1v) is 14.2. The van der Waals surface area contributed by atoms with E-state index < -0.39 is 149 Å². The van der Waals surface area contributed by atoms with Crippen LogP contribution in [0.25, 0.3) is 0 Å². The molecule has 25 heteroatoms.